The van der Waals surface area contributed by atoms with Gasteiger partial charge in [0, 0.05) is 19.1 Å². The predicted octanol–water partition coefficient (Wildman–Crippen LogP) is 2.55. The highest BCUT2D eigenvalue weighted by atomic mass is 16.4. The van der Waals surface area contributed by atoms with Gasteiger partial charge in [0.2, 0.25) is 0 Å². The van der Waals surface area contributed by atoms with Gasteiger partial charge in [-0.05, 0) is 38.1 Å². The molecule has 0 saturated carbocycles. The molecule has 0 saturated heterocycles. The molecule has 21 heavy (non-hydrogen) atoms. The van der Waals surface area contributed by atoms with E-state index >= 15 is 0 Å². The van der Waals surface area contributed by atoms with Gasteiger partial charge in [-0.3, -0.25) is 4.79 Å². The smallest absolute Gasteiger partial charge is 0.310 e. The predicted molar refractivity (Wildman–Crippen MR) is 86.5 cm³/mol. The van der Waals surface area contributed by atoms with Crippen LogP contribution in [0.2, 0.25) is 0 Å². The van der Waals surface area contributed by atoms with Crippen LogP contribution in [0, 0.1) is 5.92 Å². The zero-order valence-electron chi connectivity index (χ0n) is 13.8. The lowest BCUT2D eigenvalue weighted by Crippen LogP contribution is -2.41. The van der Waals surface area contributed by atoms with Gasteiger partial charge in [0.1, 0.15) is 0 Å². The molecule has 0 heterocycles. The molecule has 118 valence electrons. The highest BCUT2D eigenvalue weighted by molar-refractivity contribution is 5.75. The van der Waals surface area contributed by atoms with Crippen LogP contribution < -0.4 is 5.32 Å². The minimum Gasteiger partial charge on any atom is -0.481 e. The van der Waals surface area contributed by atoms with Crippen molar-refractivity contribution in [1.29, 1.82) is 0 Å². The first-order valence-electron chi connectivity index (χ1n) is 7.51. The number of rotatable bonds is 8. The maximum Gasteiger partial charge on any atom is 0.310 e. The van der Waals surface area contributed by atoms with Crippen molar-refractivity contribution < 1.29 is 9.90 Å². The number of benzene rings is 1. The first-order valence-corrected chi connectivity index (χ1v) is 7.51. The largest absolute Gasteiger partial charge is 0.481 e. The maximum atomic E-state index is 11.0. The van der Waals surface area contributed by atoms with Crippen LogP contribution in [0.1, 0.15) is 37.8 Å². The lowest BCUT2D eigenvalue weighted by atomic mass is 9.99. The second kappa shape index (κ2) is 8.15. The minimum absolute atomic E-state index is 0.442. The Balaban J connectivity index is 2.61. The summed E-state index contributed by atoms with van der Waals surface area (Å²) in [5, 5.41) is 12.6. The van der Waals surface area contributed by atoms with Crippen LogP contribution in [0.4, 0.5) is 0 Å². The zero-order valence-corrected chi connectivity index (χ0v) is 13.8. The van der Waals surface area contributed by atoms with Crippen molar-refractivity contribution in [3.05, 3.63) is 35.4 Å². The van der Waals surface area contributed by atoms with Crippen molar-refractivity contribution in [3.63, 3.8) is 0 Å². The van der Waals surface area contributed by atoms with Crippen LogP contribution in [0.5, 0.6) is 0 Å². The summed E-state index contributed by atoms with van der Waals surface area (Å²) in [4.78, 5) is 13.2. The molecule has 2 unspecified atom stereocenters. The van der Waals surface area contributed by atoms with E-state index in [2.05, 4.69) is 38.2 Å². The van der Waals surface area contributed by atoms with Crippen LogP contribution in [0.25, 0.3) is 0 Å². The molecule has 0 aliphatic carbocycles. The van der Waals surface area contributed by atoms with E-state index < -0.39 is 11.9 Å². The average molecular weight is 292 g/mol. The van der Waals surface area contributed by atoms with Crippen molar-refractivity contribution in [2.75, 3.05) is 20.6 Å². The number of nitrogens with zero attached hydrogens (tertiary/aromatic N) is 1. The maximum absolute atomic E-state index is 11.0. The van der Waals surface area contributed by atoms with Crippen LogP contribution in [0.15, 0.2) is 24.3 Å². The van der Waals surface area contributed by atoms with E-state index in [0.29, 0.717) is 12.0 Å². The molecule has 1 aromatic rings. The number of carbonyl (C=O) groups is 1. The van der Waals surface area contributed by atoms with Crippen LogP contribution in [0.3, 0.4) is 0 Å². The summed E-state index contributed by atoms with van der Waals surface area (Å²) in [7, 11) is 4.16. The summed E-state index contributed by atoms with van der Waals surface area (Å²) < 4.78 is 0. The molecular weight excluding hydrogens is 264 g/mol. The van der Waals surface area contributed by atoms with Gasteiger partial charge in [-0.1, -0.05) is 38.1 Å². The Hall–Kier alpha value is -1.39. The summed E-state index contributed by atoms with van der Waals surface area (Å²) in [5.74, 6) is -0.672. The third kappa shape index (κ3) is 5.86. The number of hydrogen-bond donors (Lipinski definition) is 2. The second-order valence-electron chi connectivity index (χ2n) is 6.30. The number of aliphatic carboxylic acids is 1. The highest BCUT2D eigenvalue weighted by Crippen LogP contribution is 2.16. The summed E-state index contributed by atoms with van der Waals surface area (Å²) >= 11 is 0. The van der Waals surface area contributed by atoms with Crippen molar-refractivity contribution in [1.82, 2.24) is 10.2 Å². The van der Waals surface area contributed by atoms with Gasteiger partial charge < -0.3 is 15.3 Å². The summed E-state index contributed by atoms with van der Waals surface area (Å²) in [6, 6.07) is 8.28. The topological polar surface area (TPSA) is 52.6 Å². The first kappa shape index (κ1) is 17.7. The fraction of sp³-hybridized carbons (Fsp3) is 0.588. The van der Waals surface area contributed by atoms with Crippen LogP contribution in [-0.4, -0.2) is 42.7 Å². The molecule has 0 spiro atoms. The zero-order chi connectivity index (χ0) is 16.0. The molecule has 0 bridgehead atoms. The summed E-state index contributed by atoms with van der Waals surface area (Å²) in [5.41, 5.74) is 2.03. The van der Waals surface area contributed by atoms with Crippen LogP contribution >= 0.6 is 0 Å². The van der Waals surface area contributed by atoms with E-state index in [0.717, 1.165) is 18.7 Å². The van der Waals surface area contributed by atoms with E-state index in [-0.39, 0.29) is 0 Å². The van der Waals surface area contributed by atoms with Gasteiger partial charge in [0.15, 0.2) is 0 Å². The second-order valence-corrected chi connectivity index (χ2v) is 6.30. The normalized spacial score (nSPS) is 14.4. The Morgan fingerprint density at radius 1 is 1.19 bits per heavy atom. The molecule has 0 amide bonds. The Morgan fingerprint density at radius 2 is 1.76 bits per heavy atom. The van der Waals surface area contributed by atoms with Crippen LogP contribution in [-0.2, 0) is 11.3 Å². The molecule has 2 atom stereocenters. The lowest BCUT2D eigenvalue weighted by molar-refractivity contribution is -0.138. The van der Waals surface area contributed by atoms with Gasteiger partial charge in [0.25, 0.3) is 0 Å². The molecule has 4 heteroatoms. The molecule has 0 aliphatic rings. The van der Waals surface area contributed by atoms with Crippen molar-refractivity contribution in [2.24, 2.45) is 5.92 Å². The minimum atomic E-state index is -0.785. The van der Waals surface area contributed by atoms with Gasteiger partial charge in [-0.25, -0.2) is 0 Å². The van der Waals surface area contributed by atoms with Gasteiger partial charge >= 0.3 is 5.97 Å². The number of carboxylic acid groups (broad SMARTS) is 1. The fourth-order valence-electron chi connectivity index (χ4n) is 2.22. The van der Waals surface area contributed by atoms with E-state index in [9.17, 15) is 4.79 Å². The Bertz CT molecular complexity index is 441. The Kier molecular flexibility index (Phi) is 6.85. The molecule has 0 aromatic heterocycles. The SMILES string of the molecule is CC(C(=O)O)c1ccc(CNC(CN(C)C)C(C)C)cc1. The van der Waals surface area contributed by atoms with Crippen molar-refractivity contribution in [3.8, 4) is 0 Å². The molecule has 0 fully saturated rings. The summed E-state index contributed by atoms with van der Waals surface area (Å²) in [6.45, 7) is 7.96. The quantitative estimate of drug-likeness (QED) is 0.773. The van der Waals surface area contributed by atoms with Gasteiger partial charge in [-0.2, -0.15) is 0 Å². The number of likely N-dealkylation sites (N-methyl/N-ethyl adjacent to an activating group) is 1. The van der Waals surface area contributed by atoms with Crippen molar-refractivity contribution in [2.45, 2.75) is 39.3 Å². The third-order valence-electron chi connectivity index (χ3n) is 3.79. The van der Waals surface area contributed by atoms with Crippen molar-refractivity contribution >= 4 is 5.97 Å². The molecular formula is C17H28N2O2. The molecule has 2 N–H and O–H groups in total. The molecule has 4 nitrogen and oxygen atoms in total. The Morgan fingerprint density at radius 3 is 2.19 bits per heavy atom. The summed E-state index contributed by atoms with van der Waals surface area (Å²) in [6.07, 6.45) is 0. The lowest BCUT2D eigenvalue weighted by Gasteiger charge is -2.25. The van der Waals surface area contributed by atoms with Gasteiger partial charge in [-0.15, -0.1) is 0 Å². The van der Waals surface area contributed by atoms with E-state index in [1.54, 1.807) is 6.92 Å². The average Bonchev–Trinajstić information content (AvgIpc) is 2.42. The standard InChI is InChI=1S/C17H28N2O2/c1-12(2)16(11-19(4)5)18-10-14-6-8-15(9-7-14)13(3)17(20)21/h6-9,12-13,16,18H,10-11H2,1-5H3,(H,20,21). The molecule has 1 rings (SSSR count). The van der Waals surface area contributed by atoms with Gasteiger partial charge in [0.05, 0.1) is 5.92 Å². The monoisotopic (exact) mass is 292 g/mol. The molecule has 0 radical (unpaired) electrons. The number of carboxylic acids is 1. The number of hydrogen-bond acceptors (Lipinski definition) is 3. The Labute approximate surface area is 128 Å². The molecule has 0 aliphatic heterocycles. The highest BCUT2D eigenvalue weighted by Gasteiger charge is 2.15. The third-order valence-corrected chi connectivity index (χ3v) is 3.79. The fourth-order valence-corrected chi connectivity index (χ4v) is 2.22. The number of nitrogens with one attached hydrogen (secondary N) is 1. The van der Waals surface area contributed by atoms with E-state index in [4.69, 9.17) is 5.11 Å². The van der Waals surface area contributed by atoms with E-state index in [1.807, 2.05) is 24.3 Å². The van der Waals surface area contributed by atoms with E-state index in [1.165, 1.54) is 5.56 Å². The molecule has 1 aromatic carbocycles. The first-order chi connectivity index (χ1) is 9.81.